The number of alkyl carbamates (subject to hydrolysis) is 1. The number of amides is 3. The lowest BCUT2D eigenvalue weighted by atomic mass is 9.98. The van der Waals surface area contributed by atoms with Crippen LogP contribution in [0.4, 0.5) is 15.3 Å². The number of carbonyl (C=O) groups excluding carboxylic acids is 3. The Morgan fingerprint density at radius 1 is 1.37 bits per heavy atom. The maximum Gasteiger partial charge on any atom is 0.408 e. The number of anilines is 1. The third kappa shape index (κ3) is 5.34. The summed E-state index contributed by atoms with van der Waals surface area (Å²) in [5, 5.41) is 15.1. The van der Waals surface area contributed by atoms with Gasteiger partial charge in [0.25, 0.3) is 11.1 Å². The topological polar surface area (TPSA) is 108 Å². The van der Waals surface area contributed by atoms with Crippen molar-refractivity contribution in [2.75, 3.05) is 18.0 Å². The number of hydrogen-bond donors (Lipinski definition) is 3. The first-order valence-corrected chi connectivity index (χ1v) is 10.6. The Morgan fingerprint density at radius 3 is 2.73 bits per heavy atom. The predicted molar refractivity (Wildman–Crippen MR) is 116 cm³/mol. The largest absolute Gasteiger partial charge is 0.444 e. The number of benzene rings is 1. The molecule has 3 amide bonds. The SMILES string of the molecule is Cc1cccc(C=C2SC(=O)NC2=O)c1N1CCC(O)C(NC(=O)OC(C)(C)C)C1. The molecule has 2 saturated heterocycles. The second-order valence-electron chi connectivity index (χ2n) is 8.42. The molecule has 2 unspecified atom stereocenters. The van der Waals surface area contributed by atoms with Crippen molar-refractivity contribution >= 4 is 40.8 Å². The van der Waals surface area contributed by atoms with Crippen LogP contribution in [0.3, 0.4) is 0 Å². The smallest absolute Gasteiger partial charge is 0.408 e. The molecular formula is C21H27N3O5S. The van der Waals surface area contributed by atoms with Crippen LogP contribution < -0.4 is 15.5 Å². The number of ether oxygens (including phenoxy) is 1. The number of rotatable bonds is 3. The zero-order chi connectivity index (χ0) is 22.1. The van der Waals surface area contributed by atoms with E-state index in [2.05, 4.69) is 15.5 Å². The standard InChI is InChI=1S/C21H27N3O5S/c1-12-6-5-7-13(10-16-18(26)23-20(28)30-16)17(12)24-9-8-15(25)14(11-24)22-19(27)29-21(2,3)4/h5-7,10,14-15,25H,8-9,11H2,1-4H3,(H,22,27)(H,23,26,28). The van der Waals surface area contributed by atoms with Crippen molar-refractivity contribution < 1.29 is 24.2 Å². The first-order chi connectivity index (χ1) is 14.0. The second kappa shape index (κ2) is 8.69. The highest BCUT2D eigenvalue weighted by atomic mass is 32.2. The van der Waals surface area contributed by atoms with Crippen molar-refractivity contribution in [3.63, 3.8) is 0 Å². The molecule has 162 valence electrons. The van der Waals surface area contributed by atoms with Gasteiger partial charge < -0.3 is 20.1 Å². The predicted octanol–water partition coefficient (Wildman–Crippen LogP) is 2.78. The van der Waals surface area contributed by atoms with Gasteiger partial charge in [-0.25, -0.2) is 4.79 Å². The summed E-state index contributed by atoms with van der Waals surface area (Å²) in [6, 6.07) is 5.23. The van der Waals surface area contributed by atoms with E-state index in [-0.39, 0.29) is 5.24 Å². The number of para-hydroxylation sites is 1. The Labute approximate surface area is 180 Å². The fourth-order valence-electron chi connectivity index (χ4n) is 3.54. The molecule has 1 aromatic rings. The highest BCUT2D eigenvalue weighted by Gasteiger charge is 2.32. The Bertz CT molecular complexity index is 893. The minimum absolute atomic E-state index is 0.340. The Balaban J connectivity index is 1.83. The summed E-state index contributed by atoms with van der Waals surface area (Å²) < 4.78 is 5.32. The number of aryl methyl sites for hydroxylation is 1. The van der Waals surface area contributed by atoms with Crippen molar-refractivity contribution in [2.24, 2.45) is 0 Å². The van der Waals surface area contributed by atoms with E-state index in [0.29, 0.717) is 24.4 Å². The number of carbonyl (C=O) groups is 3. The summed E-state index contributed by atoms with van der Waals surface area (Å²) in [6.45, 7) is 8.29. The summed E-state index contributed by atoms with van der Waals surface area (Å²) in [6.07, 6.45) is 0.916. The summed E-state index contributed by atoms with van der Waals surface area (Å²) in [5.41, 5.74) is 2.07. The van der Waals surface area contributed by atoms with E-state index in [1.165, 1.54) is 0 Å². The minimum Gasteiger partial charge on any atom is -0.444 e. The summed E-state index contributed by atoms with van der Waals surface area (Å²) in [5.74, 6) is -0.406. The summed E-state index contributed by atoms with van der Waals surface area (Å²) in [4.78, 5) is 38.1. The van der Waals surface area contributed by atoms with Crippen LogP contribution in [0.15, 0.2) is 23.1 Å². The molecule has 2 aliphatic rings. The zero-order valence-corrected chi connectivity index (χ0v) is 18.3. The van der Waals surface area contributed by atoms with Gasteiger partial charge in [0.15, 0.2) is 0 Å². The fourth-order valence-corrected chi connectivity index (χ4v) is 4.21. The number of aliphatic hydroxyl groups is 1. The molecule has 2 fully saturated rings. The van der Waals surface area contributed by atoms with Crippen LogP contribution in [0.2, 0.25) is 0 Å². The number of thioether (sulfide) groups is 1. The monoisotopic (exact) mass is 433 g/mol. The van der Waals surface area contributed by atoms with Crippen LogP contribution in [0.25, 0.3) is 6.08 Å². The first-order valence-electron chi connectivity index (χ1n) is 9.80. The van der Waals surface area contributed by atoms with E-state index in [1.807, 2.05) is 25.1 Å². The number of nitrogens with zero attached hydrogens (tertiary/aromatic N) is 1. The van der Waals surface area contributed by atoms with Gasteiger partial charge in [-0.1, -0.05) is 18.2 Å². The highest BCUT2D eigenvalue weighted by molar-refractivity contribution is 8.18. The van der Waals surface area contributed by atoms with Gasteiger partial charge in [-0.05, 0) is 63.1 Å². The molecule has 0 bridgehead atoms. The van der Waals surface area contributed by atoms with E-state index >= 15 is 0 Å². The van der Waals surface area contributed by atoms with Crippen LogP contribution in [0, 0.1) is 6.92 Å². The van der Waals surface area contributed by atoms with Crippen LogP contribution in [0.5, 0.6) is 0 Å². The third-order valence-electron chi connectivity index (χ3n) is 4.79. The van der Waals surface area contributed by atoms with Crippen molar-refractivity contribution in [3.05, 3.63) is 34.2 Å². The molecule has 0 saturated carbocycles. The number of hydrogen-bond acceptors (Lipinski definition) is 7. The van der Waals surface area contributed by atoms with E-state index in [4.69, 9.17) is 4.74 Å². The van der Waals surface area contributed by atoms with E-state index in [1.54, 1.807) is 26.8 Å². The molecule has 30 heavy (non-hydrogen) atoms. The van der Waals surface area contributed by atoms with E-state index in [0.717, 1.165) is 28.6 Å². The van der Waals surface area contributed by atoms with E-state index in [9.17, 15) is 19.5 Å². The molecule has 0 radical (unpaired) electrons. The number of piperidine rings is 1. The first kappa shape index (κ1) is 22.2. The second-order valence-corrected chi connectivity index (χ2v) is 9.43. The molecular weight excluding hydrogens is 406 g/mol. The molecule has 0 aliphatic carbocycles. The van der Waals surface area contributed by atoms with Gasteiger partial charge in [-0.2, -0.15) is 0 Å². The van der Waals surface area contributed by atoms with Crippen molar-refractivity contribution in [3.8, 4) is 0 Å². The minimum atomic E-state index is -0.687. The summed E-state index contributed by atoms with van der Waals surface area (Å²) in [7, 11) is 0. The molecule has 2 heterocycles. The molecule has 0 spiro atoms. The Kier molecular flexibility index (Phi) is 6.42. The van der Waals surface area contributed by atoms with Crippen LogP contribution in [0.1, 0.15) is 38.3 Å². The Morgan fingerprint density at radius 2 is 2.10 bits per heavy atom. The maximum atomic E-state index is 12.2. The van der Waals surface area contributed by atoms with Crippen LogP contribution >= 0.6 is 11.8 Å². The molecule has 3 rings (SSSR count). The van der Waals surface area contributed by atoms with Gasteiger partial charge in [0.1, 0.15) is 5.60 Å². The van der Waals surface area contributed by atoms with Crippen molar-refractivity contribution in [1.82, 2.24) is 10.6 Å². The van der Waals surface area contributed by atoms with Crippen LogP contribution in [-0.2, 0) is 9.53 Å². The van der Waals surface area contributed by atoms with Gasteiger partial charge >= 0.3 is 6.09 Å². The van der Waals surface area contributed by atoms with Crippen LogP contribution in [-0.4, -0.2) is 53.2 Å². The lowest BCUT2D eigenvalue weighted by molar-refractivity contribution is -0.115. The maximum absolute atomic E-state index is 12.2. The van der Waals surface area contributed by atoms with Crippen molar-refractivity contribution in [1.29, 1.82) is 0 Å². The molecule has 2 aliphatic heterocycles. The molecule has 1 aromatic carbocycles. The molecule has 8 nitrogen and oxygen atoms in total. The third-order valence-corrected chi connectivity index (χ3v) is 5.60. The van der Waals surface area contributed by atoms with Gasteiger partial charge in [0.05, 0.1) is 17.1 Å². The van der Waals surface area contributed by atoms with Gasteiger partial charge in [0.2, 0.25) is 0 Å². The normalized spacial score (nSPS) is 23.5. The highest BCUT2D eigenvalue weighted by Crippen LogP contribution is 2.33. The van der Waals surface area contributed by atoms with Gasteiger partial charge in [-0.3, -0.25) is 14.9 Å². The Hall–Kier alpha value is -2.52. The molecule has 0 aromatic heterocycles. The lowest BCUT2D eigenvalue weighted by Crippen LogP contribution is -2.56. The number of imide groups is 1. The van der Waals surface area contributed by atoms with E-state index < -0.39 is 29.7 Å². The van der Waals surface area contributed by atoms with Gasteiger partial charge in [0, 0.05) is 18.8 Å². The number of aliphatic hydroxyl groups excluding tert-OH is 1. The van der Waals surface area contributed by atoms with Gasteiger partial charge in [-0.15, -0.1) is 0 Å². The number of nitrogens with one attached hydrogen (secondary N) is 2. The average molecular weight is 434 g/mol. The average Bonchev–Trinajstić information content (AvgIpc) is 2.93. The molecule has 2 atom stereocenters. The molecule has 9 heteroatoms. The fraction of sp³-hybridized carbons (Fsp3) is 0.476. The van der Waals surface area contributed by atoms with Crippen molar-refractivity contribution in [2.45, 2.75) is 51.9 Å². The zero-order valence-electron chi connectivity index (χ0n) is 17.5. The lowest BCUT2D eigenvalue weighted by Gasteiger charge is -2.39. The summed E-state index contributed by atoms with van der Waals surface area (Å²) >= 11 is 0.874. The molecule has 3 N–H and O–H groups in total. The quantitative estimate of drug-likeness (QED) is 0.629.